The molecule has 0 atom stereocenters. The Kier molecular flexibility index (Phi) is 8.35. The number of carbonyl (C=O) groups excluding carboxylic acids is 1. The maximum atomic E-state index is 11.7. The van der Waals surface area contributed by atoms with E-state index in [0.717, 1.165) is 37.1 Å². The van der Waals surface area contributed by atoms with Crippen LogP contribution in [0.4, 0.5) is 0 Å². The summed E-state index contributed by atoms with van der Waals surface area (Å²) in [5, 5.41) is 3.44. The lowest BCUT2D eigenvalue weighted by molar-refractivity contribution is -0.138. The summed E-state index contributed by atoms with van der Waals surface area (Å²) in [5.41, 5.74) is 2.01. The Morgan fingerprint density at radius 1 is 1.11 bits per heavy atom. The summed E-state index contributed by atoms with van der Waals surface area (Å²) in [5.74, 6) is -0.120. The van der Waals surface area contributed by atoms with Crippen molar-refractivity contribution >= 4 is 5.97 Å². The van der Waals surface area contributed by atoms with Gasteiger partial charge in [-0.2, -0.15) is 0 Å². The Morgan fingerprint density at radius 3 is 2.58 bits per heavy atom. The first-order valence-electron chi connectivity index (χ1n) is 7.92. The Hall–Kier alpha value is -0.990. The largest absolute Gasteiger partial charge is 0.463 e. The molecule has 0 saturated carbocycles. The summed E-state index contributed by atoms with van der Waals surface area (Å²) in [6.07, 6.45) is 10.8. The highest BCUT2D eigenvalue weighted by atomic mass is 16.5. The minimum atomic E-state index is -0.120. The van der Waals surface area contributed by atoms with Crippen molar-refractivity contribution in [2.45, 2.75) is 71.6 Å². The molecule has 0 aromatic carbocycles. The molecule has 0 aliphatic heterocycles. The maximum Gasteiger partial charge on any atom is 0.335 e. The molecule has 0 spiro atoms. The Balaban J connectivity index is 2.19. The predicted octanol–water partition coefficient (Wildman–Crippen LogP) is 3.94. The number of hydrogen-bond acceptors (Lipinski definition) is 3. The fraction of sp³-hybridized carbons (Fsp3) is 0.812. The number of rotatable bonds is 10. The summed E-state index contributed by atoms with van der Waals surface area (Å²) in [6.45, 7) is 5.55. The second kappa shape index (κ2) is 9.88. The summed E-state index contributed by atoms with van der Waals surface area (Å²) in [7, 11) is 0. The molecule has 3 heteroatoms. The molecule has 0 amide bonds. The van der Waals surface area contributed by atoms with Crippen LogP contribution in [0.5, 0.6) is 0 Å². The molecule has 110 valence electrons. The van der Waals surface area contributed by atoms with Gasteiger partial charge in [-0.15, -0.1) is 0 Å². The van der Waals surface area contributed by atoms with Gasteiger partial charge < -0.3 is 10.1 Å². The van der Waals surface area contributed by atoms with Gasteiger partial charge in [0, 0.05) is 12.2 Å². The lowest BCUT2D eigenvalue weighted by Gasteiger charge is -2.10. The molecule has 3 nitrogen and oxygen atoms in total. The van der Waals surface area contributed by atoms with Crippen molar-refractivity contribution in [1.82, 2.24) is 5.32 Å². The van der Waals surface area contributed by atoms with Crippen molar-refractivity contribution in [2.24, 2.45) is 0 Å². The quantitative estimate of drug-likeness (QED) is 0.481. The van der Waals surface area contributed by atoms with Gasteiger partial charge in [0.15, 0.2) is 0 Å². The number of esters is 1. The standard InChI is InChI=1S/C16H29NO2/c1-3-5-6-7-8-9-13-17-15-12-10-11-14(15)16(18)19-4-2/h17H,3-13H2,1-2H3. The van der Waals surface area contributed by atoms with E-state index in [1.807, 2.05) is 6.92 Å². The molecule has 1 N–H and O–H groups in total. The number of nitrogens with one attached hydrogen (secondary N) is 1. The van der Waals surface area contributed by atoms with E-state index in [2.05, 4.69) is 12.2 Å². The van der Waals surface area contributed by atoms with Gasteiger partial charge in [0.1, 0.15) is 0 Å². The monoisotopic (exact) mass is 267 g/mol. The third-order valence-electron chi connectivity index (χ3n) is 3.61. The number of carbonyl (C=O) groups is 1. The van der Waals surface area contributed by atoms with Crippen LogP contribution >= 0.6 is 0 Å². The van der Waals surface area contributed by atoms with Gasteiger partial charge in [-0.05, 0) is 32.6 Å². The number of ether oxygens (including phenoxy) is 1. The summed E-state index contributed by atoms with van der Waals surface area (Å²) in [6, 6.07) is 0. The van der Waals surface area contributed by atoms with E-state index in [1.54, 1.807) is 0 Å². The van der Waals surface area contributed by atoms with Crippen molar-refractivity contribution in [3.8, 4) is 0 Å². The molecule has 0 aromatic heterocycles. The van der Waals surface area contributed by atoms with E-state index in [0.29, 0.717) is 6.61 Å². The highest BCUT2D eigenvalue weighted by molar-refractivity contribution is 5.89. The van der Waals surface area contributed by atoms with Crippen molar-refractivity contribution in [3.05, 3.63) is 11.3 Å². The zero-order valence-corrected chi connectivity index (χ0v) is 12.6. The predicted molar refractivity (Wildman–Crippen MR) is 78.9 cm³/mol. The zero-order valence-electron chi connectivity index (χ0n) is 12.6. The topological polar surface area (TPSA) is 38.3 Å². The van der Waals surface area contributed by atoms with Crippen LogP contribution in [0.1, 0.15) is 71.6 Å². The average Bonchev–Trinajstić information content (AvgIpc) is 2.86. The summed E-state index contributed by atoms with van der Waals surface area (Å²) in [4.78, 5) is 11.7. The third-order valence-corrected chi connectivity index (χ3v) is 3.61. The average molecular weight is 267 g/mol. The van der Waals surface area contributed by atoms with E-state index in [1.165, 1.54) is 38.5 Å². The van der Waals surface area contributed by atoms with Gasteiger partial charge in [-0.1, -0.05) is 39.0 Å². The van der Waals surface area contributed by atoms with E-state index in [-0.39, 0.29) is 5.97 Å². The van der Waals surface area contributed by atoms with Crippen LogP contribution in [0.3, 0.4) is 0 Å². The number of allylic oxidation sites excluding steroid dienone is 1. The molecular formula is C16H29NO2. The molecule has 19 heavy (non-hydrogen) atoms. The van der Waals surface area contributed by atoms with Gasteiger partial charge in [0.25, 0.3) is 0 Å². The first-order chi connectivity index (χ1) is 9.29. The van der Waals surface area contributed by atoms with Gasteiger partial charge >= 0.3 is 5.97 Å². The van der Waals surface area contributed by atoms with E-state index < -0.39 is 0 Å². The van der Waals surface area contributed by atoms with Crippen LogP contribution in [0, 0.1) is 0 Å². The highest BCUT2D eigenvalue weighted by Gasteiger charge is 2.21. The minimum absolute atomic E-state index is 0.120. The Labute approximate surface area is 117 Å². The van der Waals surface area contributed by atoms with E-state index in [9.17, 15) is 4.79 Å². The fourth-order valence-electron chi connectivity index (χ4n) is 2.53. The van der Waals surface area contributed by atoms with Crippen LogP contribution in [0.15, 0.2) is 11.3 Å². The first kappa shape index (κ1) is 16.1. The molecule has 0 bridgehead atoms. The SMILES string of the molecule is CCCCCCCCNC1=C(C(=O)OCC)CCC1. The smallest absolute Gasteiger partial charge is 0.335 e. The zero-order chi connectivity index (χ0) is 13.9. The first-order valence-corrected chi connectivity index (χ1v) is 7.92. The highest BCUT2D eigenvalue weighted by Crippen LogP contribution is 2.25. The van der Waals surface area contributed by atoms with Crippen molar-refractivity contribution < 1.29 is 9.53 Å². The van der Waals surface area contributed by atoms with E-state index >= 15 is 0 Å². The molecule has 1 aliphatic carbocycles. The normalized spacial score (nSPS) is 14.8. The summed E-state index contributed by atoms with van der Waals surface area (Å²) >= 11 is 0. The van der Waals surface area contributed by atoms with Crippen molar-refractivity contribution in [3.63, 3.8) is 0 Å². The lowest BCUT2D eigenvalue weighted by atomic mass is 10.1. The molecule has 0 heterocycles. The van der Waals surface area contributed by atoms with Crippen LogP contribution in [0.25, 0.3) is 0 Å². The molecular weight excluding hydrogens is 238 g/mol. The molecule has 0 saturated heterocycles. The molecule has 0 unspecified atom stereocenters. The number of unbranched alkanes of at least 4 members (excludes halogenated alkanes) is 5. The molecule has 1 rings (SSSR count). The van der Waals surface area contributed by atoms with Crippen LogP contribution < -0.4 is 5.32 Å². The lowest BCUT2D eigenvalue weighted by Crippen LogP contribution is -2.18. The van der Waals surface area contributed by atoms with Gasteiger partial charge in [-0.3, -0.25) is 0 Å². The minimum Gasteiger partial charge on any atom is -0.463 e. The molecule has 1 aliphatic rings. The van der Waals surface area contributed by atoms with Gasteiger partial charge in [0.05, 0.1) is 12.2 Å². The Morgan fingerprint density at radius 2 is 1.84 bits per heavy atom. The molecule has 0 aromatic rings. The third kappa shape index (κ3) is 6.13. The van der Waals surface area contributed by atoms with Gasteiger partial charge in [0.2, 0.25) is 0 Å². The fourth-order valence-corrected chi connectivity index (χ4v) is 2.53. The second-order valence-electron chi connectivity index (χ2n) is 5.23. The van der Waals surface area contributed by atoms with Crippen LogP contribution in [-0.4, -0.2) is 19.1 Å². The second-order valence-corrected chi connectivity index (χ2v) is 5.23. The molecule has 0 fully saturated rings. The van der Waals surface area contributed by atoms with Crippen molar-refractivity contribution in [1.29, 1.82) is 0 Å². The number of hydrogen-bond donors (Lipinski definition) is 1. The van der Waals surface area contributed by atoms with Crippen LogP contribution in [-0.2, 0) is 9.53 Å². The maximum absolute atomic E-state index is 11.7. The molecule has 0 radical (unpaired) electrons. The van der Waals surface area contributed by atoms with Crippen LogP contribution in [0.2, 0.25) is 0 Å². The van der Waals surface area contributed by atoms with Gasteiger partial charge in [-0.25, -0.2) is 4.79 Å². The summed E-state index contributed by atoms with van der Waals surface area (Å²) < 4.78 is 5.09. The van der Waals surface area contributed by atoms with Crippen molar-refractivity contribution in [2.75, 3.05) is 13.2 Å². The Bertz CT molecular complexity index is 297. The van der Waals surface area contributed by atoms with E-state index in [4.69, 9.17) is 4.74 Å².